The van der Waals surface area contributed by atoms with Crippen molar-refractivity contribution in [1.82, 2.24) is 10.6 Å². The summed E-state index contributed by atoms with van der Waals surface area (Å²) >= 11 is 0. The number of rotatable bonds is 6. The average Bonchev–Trinajstić information content (AvgIpc) is 2.73. The molecule has 2 unspecified atom stereocenters. The zero-order chi connectivity index (χ0) is 13.8. The number of amides is 2. The van der Waals surface area contributed by atoms with E-state index >= 15 is 0 Å². The average molecular weight is 257 g/mol. The van der Waals surface area contributed by atoms with Crippen LogP contribution >= 0.6 is 0 Å². The highest BCUT2D eigenvalue weighted by atomic mass is 16.5. The van der Waals surface area contributed by atoms with Gasteiger partial charge in [0.05, 0.1) is 19.1 Å². The molecule has 1 aliphatic rings. The van der Waals surface area contributed by atoms with E-state index in [0.29, 0.717) is 13.2 Å². The molecule has 1 rings (SSSR count). The first-order chi connectivity index (χ1) is 8.38. The lowest BCUT2D eigenvalue weighted by molar-refractivity contribution is -0.133. The molecule has 1 saturated heterocycles. The second kappa shape index (κ2) is 6.15. The molecule has 0 aromatic carbocycles. The summed E-state index contributed by atoms with van der Waals surface area (Å²) < 4.78 is 5.32. The van der Waals surface area contributed by atoms with Gasteiger partial charge >= 0.3 is 0 Å². The molecule has 0 aliphatic carbocycles. The molecule has 0 saturated carbocycles. The highest BCUT2D eigenvalue weighted by Gasteiger charge is 2.37. The molecule has 0 aromatic heterocycles. The number of nitrogens with two attached hydrogens (primary N) is 1. The maximum Gasteiger partial charge on any atom is 0.242 e. The lowest BCUT2D eigenvalue weighted by atomic mass is 9.99. The van der Waals surface area contributed by atoms with Crippen molar-refractivity contribution in [3.8, 4) is 0 Å². The molecule has 0 radical (unpaired) electrons. The summed E-state index contributed by atoms with van der Waals surface area (Å²) in [7, 11) is 0. The second-order valence-electron chi connectivity index (χ2n) is 5.18. The van der Waals surface area contributed by atoms with E-state index < -0.39 is 11.4 Å². The maximum absolute atomic E-state index is 12.1. The van der Waals surface area contributed by atoms with Crippen LogP contribution in [0.4, 0.5) is 0 Å². The van der Waals surface area contributed by atoms with Gasteiger partial charge in [-0.15, -0.1) is 0 Å². The van der Waals surface area contributed by atoms with Crippen molar-refractivity contribution in [2.75, 3.05) is 19.8 Å². The van der Waals surface area contributed by atoms with Crippen molar-refractivity contribution in [2.24, 2.45) is 11.7 Å². The predicted molar refractivity (Wildman–Crippen MR) is 67.8 cm³/mol. The largest absolute Gasteiger partial charge is 0.379 e. The third-order valence-electron chi connectivity index (χ3n) is 3.13. The summed E-state index contributed by atoms with van der Waals surface area (Å²) in [4.78, 5) is 23.3. The van der Waals surface area contributed by atoms with E-state index in [9.17, 15) is 9.59 Å². The molecule has 4 N–H and O–H groups in total. The number of nitrogens with one attached hydrogen (secondary N) is 2. The molecule has 1 fully saturated rings. The smallest absolute Gasteiger partial charge is 0.242 e. The number of ether oxygens (including phenoxy) is 1. The predicted octanol–water partition coefficient (Wildman–Crippen LogP) is -0.619. The van der Waals surface area contributed by atoms with E-state index in [-0.39, 0.29) is 17.9 Å². The topological polar surface area (TPSA) is 93.4 Å². The Kier molecular flexibility index (Phi) is 5.10. The molecule has 1 aliphatic heterocycles. The van der Waals surface area contributed by atoms with Gasteiger partial charge in [-0.05, 0) is 26.8 Å². The zero-order valence-corrected chi connectivity index (χ0v) is 11.3. The van der Waals surface area contributed by atoms with Gasteiger partial charge < -0.3 is 21.1 Å². The van der Waals surface area contributed by atoms with Crippen LogP contribution < -0.4 is 16.4 Å². The lowest BCUT2D eigenvalue weighted by Crippen LogP contribution is -2.56. The van der Waals surface area contributed by atoms with Crippen LogP contribution in [0.2, 0.25) is 0 Å². The number of hydrogen-bond donors (Lipinski definition) is 3. The molecule has 6 nitrogen and oxygen atoms in total. The van der Waals surface area contributed by atoms with Gasteiger partial charge in [0, 0.05) is 6.04 Å². The Labute approximate surface area is 108 Å². The minimum Gasteiger partial charge on any atom is -0.379 e. The summed E-state index contributed by atoms with van der Waals surface area (Å²) in [5.41, 5.74) is 4.20. The number of hydrogen-bond acceptors (Lipinski definition) is 4. The molecule has 1 heterocycles. The normalized spacial score (nSPS) is 23.9. The van der Waals surface area contributed by atoms with Crippen LogP contribution in [0.3, 0.4) is 0 Å². The van der Waals surface area contributed by atoms with Crippen LogP contribution in [0.25, 0.3) is 0 Å². The Balaban J connectivity index is 2.57. The fourth-order valence-corrected chi connectivity index (χ4v) is 1.81. The Morgan fingerprint density at radius 3 is 2.61 bits per heavy atom. The van der Waals surface area contributed by atoms with Crippen LogP contribution in [0.1, 0.15) is 27.2 Å². The van der Waals surface area contributed by atoms with E-state index in [1.165, 1.54) is 0 Å². The highest BCUT2D eigenvalue weighted by molar-refractivity contribution is 5.90. The fourth-order valence-electron chi connectivity index (χ4n) is 1.81. The van der Waals surface area contributed by atoms with Gasteiger partial charge in [0.15, 0.2) is 0 Å². The third-order valence-corrected chi connectivity index (χ3v) is 3.13. The summed E-state index contributed by atoms with van der Waals surface area (Å²) in [5.74, 6) is -1.01. The first-order valence-corrected chi connectivity index (χ1v) is 6.31. The number of carbonyl (C=O) groups excluding carboxylic acids is 2. The SMILES string of the molecule is CCCNC1COCC1C(=O)NC(C)(C)C(N)=O. The molecule has 2 atom stereocenters. The molecule has 6 heteroatoms. The van der Waals surface area contributed by atoms with Crippen LogP contribution in [0.5, 0.6) is 0 Å². The Bertz CT molecular complexity index is 318. The molecule has 104 valence electrons. The molecular weight excluding hydrogens is 234 g/mol. The van der Waals surface area contributed by atoms with Crippen LogP contribution in [0.15, 0.2) is 0 Å². The molecule has 18 heavy (non-hydrogen) atoms. The molecule has 0 spiro atoms. The van der Waals surface area contributed by atoms with Crippen molar-refractivity contribution in [3.05, 3.63) is 0 Å². The van der Waals surface area contributed by atoms with E-state index in [1.54, 1.807) is 13.8 Å². The van der Waals surface area contributed by atoms with Gasteiger partial charge in [-0.25, -0.2) is 0 Å². The third kappa shape index (κ3) is 3.68. The molecule has 0 bridgehead atoms. The quantitative estimate of drug-likeness (QED) is 0.591. The first-order valence-electron chi connectivity index (χ1n) is 6.31. The number of carbonyl (C=O) groups is 2. The van der Waals surface area contributed by atoms with E-state index in [2.05, 4.69) is 17.6 Å². The number of primary amides is 1. The van der Waals surface area contributed by atoms with E-state index in [0.717, 1.165) is 13.0 Å². The van der Waals surface area contributed by atoms with Crippen molar-refractivity contribution in [2.45, 2.75) is 38.8 Å². The van der Waals surface area contributed by atoms with Crippen molar-refractivity contribution in [1.29, 1.82) is 0 Å². The Morgan fingerprint density at radius 1 is 1.39 bits per heavy atom. The summed E-state index contributed by atoms with van der Waals surface area (Å²) in [5, 5.41) is 5.95. The van der Waals surface area contributed by atoms with E-state index in [4.69, 9.17) is 10.5 Å². The van der Waals surface area contributed by atoms with Gasteiger partial charge in [0.2, 0.25) is 11.8 Å². The van der Waals surface area contributed by atoms with Crippen molar-refractivity contribution in [3.63, 3.8) is 0 Å². The van der Waals surface area contributed by atoms with E-state index in [1.807, 2.05) is 0 Å². The monoisotopic (exact) mass is 257 g/mol. The summed E-state index contributed by atoms with van der Waals surface area (Å²) in [6, 6.07) is 0.00799. The second-order valence-corrected chi connectivity index (χ2v) is 5.18. The standard InChI is InChI=1S/C12H23N3O3/c1-4-5-14-9-7-18-6-8(9)10(16)15-12(2,3)11(13)17/h8-9,14H,4-7H2,1-3H3,(H2,13,17)(H,15,16). The minimum atomic E-state index is -1.03. The Hall–Kier alpha value is -1.14. The Morgan fingerprint density at radius 2 is 2.06 bits per heavy atom. The highest BCUT2D eigenvalue weighted by Crippen LogP contribution is 2.15. The van der Waals surface area contributed by atoms with Gasteiger partial charge in [0.25, 0.3) is 0 Å². The van der Waals surface area contributed by atoms with Crippen molar-refractivity contribution >= 4 is 11.8 Å². The van der Waals surface area contributed by atoms with Gasteiger partial charge in [-0.2, -0.15) is 0 Å². The van der Waals surface area contributed by atoms with Gasteiger partial charge in [-0.1, -0.05) is 6.92 Å². The first kappa shape index (κ1) is 14.9. The molecule has 2 amide bonds. The zero-order valence-electron chi connectivity index (χ0n) is 11.3. The molecular formula is C12H23N3O3. The summed E-state index contributed by atoms with van der Waals surface area (Å²) in [6.07, 6.45) is 0.998. The fraction of sp³-hybridized carbons (Fsp3) is 0.833. The molecule has 0 aromatic rings. The minimum absolute atomic E-state index is 0.00799. The maximum atomic E-state index is 12.1. The van der Waals surface area contributed by atoms with Crippen LogP contribution in [-0.4, -0.2) is 43.2 Å². The van der Waals surface area contributed by atoms with Crippen LogP contribution in [-0.2, 0) is 14.3 Å². The van der Waals surface area contributed by atoms with Gasteiger partial charge in [0.1, 0.15) is 5.54 Å². The lowest BCUT2D eigenvalue weighted by Gasteiger charge is -2.26. The van der Waals surface area contributed by atoms with Crippen LogP contribution in [0, 0.1) is 5.92 Å². The van der Waals surface area contributed by atoms with Crippen molar-refractivity contribution < 1.29 is 14.3 Å². The summed E-state index contributed by atoms with van der Waals surface area (Å²) in [6.45, 7) is 7.00. The van der Waals surface area contributed by atoms with Gasteiger partial charge in [-0.3, -0.25) is 9.59 Å².